The summed E-state index contributed by atoms with van der Waals surface area (Å²) in [6.07, 6.45) is 1.94. The number of nitrogens with zero attached hydrogens (tertiary/aromatic N) is 4. The monoisotopic (exact) mass is 464 g/mol. The second-order valence-electron chi connectivity index (χ2n) is 6.95. The Morgan fingerprint density at radius 3 is 2.68 bits per heavy atom. The highest BCUT2D eigenvalue weighted by Gasteiger charge is 2.33. The number of rotatable bonds is 8. The van der Waals surface area contributed by atoms with Crippen molar-refractivity contribution in [1.82, 2.24) is 15.1 Å². The quantitative estimate of drug-likeness (QED) is 0.354. The van der Waals surface area contributed by atoms with E-state index in [1.807, 2.05) is 0 Å². The van der Waals surface area contributed by atoms with Gasteiger partial charge in [0, 0.05) is 11.6 Å². The van der Waals surface area contributed by atoms with Crippen molar-refractivity contribution in [1.29, 1.82) is 0 Å². The van der Waals surface area contributed by atoms with Gasteiger partial charge in [-0.3, -0.25) is 4.79 Å². The minimum Gasteiger partial charge on any atom is -0.464 e. The number of thiazole rings is 1. The number of benzene rings is 1. The third-order valence-corrected chi connectivity index (χ3v) is 6.12. The van der Waals surface area contributed by atoms with Crippen LogP contribution in [0.5, 0.6) is 0 Å². The molecular formula is C20H18ClFN4O4S. The smallest absolute Gasteiger partial charge is 0.328 e. The van der Waals surface area contributed by atoms with Crippen LogP contribution in [0.3, 0.4) is 0 Å². The van der Waals surface area contributed by atoms with E-state index in [1.54, 1.807) is 13.8 Å². The van der Waals surface area contributed by atoms with Crippen LogP contribution in [-0.2, 0) is 9.53 Å². The number of ether oxygens (including phenoxy) is 1. The summed E-state index contributed by atoms with van der Waals surface area (Å²) >= 11 is 7.23. The van der Waals surface area contributed by atoms with E-state index in [1.165, 1.54) is 29.2 Å². The first-order chi connectivity index (χ1) is 14.9. The molecular weight excluding hydrogens is 447 g/mol. The predicted octanol–water partition coefficient (Wildman–Crippen LogP) is 4.52. The van der Waals surface area contributed by atoms with Crippen LogP contribution in [0, 0.1) is 5.82 Å². The van der Waals surface area contributed by atoms with Crippen LogP contribution in [0.1, 0.15) is 54.0 Å². The molecule has 2 heterocycles. The SMILES string of the molecule is CCOC(=O)C(C)N(c1ccc(F)cc1)c1nc(Cl)c(C(=O)c2nc(C3CC3)no2)s1. The Bertz CT molecular complexity index is 1110. The molecule has 8 nitrogen and oxygen atoms in total. The molecule has 1 aliphatic rings. The van der Waals surface area contributed by atoms with E-state index in [0.717, 1.165) is 24.2 Å². The maximum absolute atomic E-state index is 13.4. The zero-order chi connectivity index (χ0) is 22.1. The second-order valence-corrected chi connectivity index (χ2v) is 8.29. The van der Waals surface area contributed by atoms with Crippen molar-refractivity contribution in [3.8, 4) is 0 Å². The van der Waals surface area contributed by atoms with Crippen molar-refractivity contribution < 1.29 is 23.2 Å². The lowest BCUT2D eigenvalue weighted by Gasteiger charge is -2.27. The second kappa shape index (κ2) is 8.72. The molecule has 4 rings (SSSR count). The highest BCUT2D eigenvalue weighted by atomic mass is 35.5. The number of esters is 1. The molecule has 0 spiro atoms. The number of hydrogen-bond donors (Lipinski definition) is 0. The number of hydrogen-bond acceptors (Lipinski definition) is 9. The van der Waals surface area contributed by atoms with Crippen molar-refractivity contribution in [3.63, 3.8) is 0 Å². The largest absolute Gasteiger partial charge is 0.464 e. The van der Waals surface area contributed by atoms with Crippen molar-refractivity contribution in [2.24, 2.45) is 0 Å². The Kier molecular flexibility index (Phi) is 6.01. The summed E-state index contributed by atoms with van der Waals surface area (Å²) in [4.78, 5) is 35.4. The Hall–Kier alpha value is -2.85. The van der Waals surface area contributed by atoms with Crippen LogP contribution in [-0.4, -0.2) is 39.5 Å². The number of halogens is 2. The third kappa shape index (κ3) is 4.45. The van der Waals surface area contributed by atoms with Gasteiger partial charge in [-0.2, -0.15) is 4.98 Å². The van der Waals surface area contributed by atoms with Crippen LogP contribution >= 0.6 is 22.9 Å². The maximum Gasteiger partial charge on any atom is 0.328 e. The van der Waals surface area contributed by atoms with Gasteiger partial charge in [0.05, 0.1) is 6.61 Å². The Balaban J connectivity index is 1.68. The first kappa shape index (κ1) is 21.4. The van der Waals surface area contributed by atoms with E-state index >= 15 is 0 Å². The van der Waals surface area contributed by atoms with E-state index in [4.69, 9.17) is 20.9 Å². The molecule has 31 heavy (non-hydrogen) atoms. The van der Waals surface area contributed by atoms with Crippen molar-refractivity contribution >= 4 is 45.5 Å². The molecule has 3 aromatic rings. The molecule has 1 unspecified atom stereocenters. The molecule has 1 aliphatic carbocycles. The molecule has 0 aliphatic heterocycles. The molecule has 0 N–H and O–H groups in total. The molecule has 0 saturated heterocycles. The lowest BCUT2D eigenvalue weighted by atomic mass is 10.2. The number of carbonyl (C=O) groups excluding carboxylic acids is 2. The highest BCUT2D eigenvalue weighted by Crippen LogP contribution is 2.39. The van der Waals surface area contributed by atoms with Crippen LogP contribution in [0.4, 0.5) is 15.2 Å². The first-order valence-electron chi connectivity index (χ1n) is 9.65. The van der Waals surface area contributed by atoms with E-state index < -0.39 is 23.6 Å². The minimum absolute atomic E-state index is 0.0562. The van der Waals surface area contributed by atoms with Gasteiger partial charge in [-0.15, -0.1) is 0 Å². The maximum atomic E-state index is 13.4. The Morgan fingerprint density at radius 1 is 1.32 bits per heavy atom. The molecule has 1 saturated carbocycles. The molecule has 0 amide bonds. The van der Waals surface area contributed by atoms with Crippen molar-refractivity contribution in [2.75, 3.05) is 11.5 Å². The summed E-state index contributed by atoms with van der Waals surface area (Å²) in [5.74, 6) is -0.896. The van der Waals surface area contributed by atoms with Crippen molar-refractivity contribution in [2.45, 2.75) is 38.6 Å². The van der Waals surface area contributed by atoms with Gasteiger partial charge in [-0.1, -0.05) is 28.1 Å². The molecule has 1 atom stereocenters. The fraction of sp³-hybridized carbons (Fsp3) is 0.350. The van der Waals surface area contributed by atoms with Crippen LogP contribution in [0.2, 0.25) is 5.15 Å². The molecule has 2 aromatic heterocycles. The summed E-state index contributed by atoms with van der Waals surface area (Å²) in [6, 6.07) is 4.72. The average molecular weight is 465 g/mol. The molecule has 0 radical (unpaired) electrons. The van der Waals surface area contributed by atoms with E-state index in [2.05, 4.69) is 15.1 Å². The number of ketones is 1. The highest BCUT2D eigenvalue weighted by molar-refractivity contribution is 7.18. The summed E-state index contributed by atoms with van der Waals surface area (Å²) in [5, 5.41) is 4.06. The summed E-state index contributed by atoms with van der Waals surface area (Å²) in [6.45, 7) is 3.52. The standard InChI is InChI=1S/C20H18ClFN4O4S/c1-3-29-19(28)10(2)26(13-8-6-12(22)7-9-13)20-23-16(21)15(31-20)14(27)18-24-17(25-30-18)11-4-5-11/h6-11H,3-5H2,1-2H3. The van der Waals surface area contributed by atoms with Crippen LogP contribution in [0.25, 0.3) is 0 Å². The third-order valence-electron chi connectivity index (χ3n) is 4.69. The number of carbonyl (C=O) groups is 2. The van der Waals surface area contributed by atoms with Gasteiger partial charge in [0.1, 0.15) is 16.7 Å². The summed E-state index contributed by atoms with van der Waals surface area (Å²) in [5.41, 5.74) is 0.486. The van der Waals surface area contributed by atoms with E-state index in [9.17, 15) is 14.0 Å². The van der Waals surface area contributed by atoms with E-state index in [0.29, 0.717) is 11.5 Å². The fourth-order valence-corrected chi connectivity index (χ4v) is 4.26. The minimum atomic E-state index is -0.805. The molecule has 1 fully saturated rings. The Morgan fingerprint density at radius 2 is 2.03 bits per heavy atom. The molecule has 162 valence electrons. The van der Waals surface area contributed by atoms with Gasteiger partial charge in [-0.05, 0) is 51.0 Å². The zero-order valence-electron chi connectivity index (χ0n) is 16.7. The van der Waals surface area contributed by atoms with Gasteiger partial charge >= 0.3 is 5.97 Å². The zero-order valence-corrected chi connectivity index (χ0v) is 18.2. The lowest BCUT2D eigenvalue weighted by Crippen LogP contribution is -2.36. The first-order valence-corrected chi connectivity index (χ1v) is 10.8. The fourth-order valence-electron chi connectivity index (χ4n) is 2.94. The van der Waals surface area contributed by atoms with Gasteiger partial charge in [0.2, 0.25) is 0 Å². The van der Waals surface area contributed by atoms with Crippen molar-refractivity contribution in [3.05, 3.63) is 51.8 Å². The van der Waals surface area contributed by atoms with Gasteiger partial charge in [0.25, 0.3) is 11.7 Å². The predicted molar refractivity (Wildman–Crippen MR) is 111 cm³/mol. The van der Waals surface area contributed by atoms with Gasteiger partial charge in [0.15, 0.2) is 16.1 Å². The lowest BCUT2D eigenvalue weighted by molar-refractivity contribution is -0.144. The molecule has 0 bridgehead atoms. The summed E-state index contributed by atoms with van der Waals surface area (Å²) in [7, 11) is 0. The topological polar surface area (TPSA) is 98.4 Å². The Labute approximate surface area is 186 Å². The average Bonchev–Trinajstić information content (AvgIpc) is 3.36. The van der Waals surface area contributed by atoms with E-state index in [-0.39, 0.29) is 33.6 Å². The van der Waals surface area contributed by atoms with Gasteiger partial charge in [-0.25, -0.2) is 14.2 Å². The van der Waals surface area contributed by atoms with Crippen LogP contribution in [0.15, 0.2) is 28.8 Å². The van der Waals surface area contributed by atoms with Gasteiger partial charge < -0.3 is 14.2 Å². The number of aromatic nitrogens is 3. The van der Waals surface area contributed by atoms with Crippen LogP contribution < -0.4 is 4.90 Å². The molecule has 1 aromatic carbocycles. The molecule has 11 heteroatoms. The normalized spacial score (nSPS) is 14.3. The number of anilines is 2. The summed E-state index contributed by atoms with van der Waals surface area (Å²) < 4.78 is 23.7.